The summed E-state index contributed by atoms with van der Waals surface area (Å²) < 4.78 is 14.3. The summed E-state index contributed by atoms with van der Waals surface area (Å²) in [5.74, 6) is -0.435. The lowest BCUT2D eigenvalue weighted by Crippen LogP contribution is -2.28. The van der Waals surface area contributed by atoms with E-state index in [1.54, 1.807) is 30.3 Å². The predicted octanol–water partition coefficient (Wildman–Crippen LogP) is 6.15. The number of hydrogen-bond acceptors (Lipinski definition) is 3. The van der Waals surface area contributed by atoms with Crippen molar-refractivity contribution in [1.29, 1.82) is 0 Å². The monoisotopic (exact) mass is 448 g/mol. The van der Waals surface area contributed by atoms with Crippen molar-refractivity contribution in [2.45, 2.75) is 31.6 Å². The fourth-order valence-corrected chi connectivity index (χ4v) is 4.80. The molecule has 0 spiro atoms. The molecule has 3 aromatic carbocycles. The van der Waals surface area contributed by atoms with Gasteiger partial charge in [-0.05, 0) is 52.9 Å². The van der Waals surface area contributed by atoms with Crippen LogP contribution in [0.1, 0.15) is 47.6 Å². The molecule has 1 N–H and O–H groups in total. The van der Waals surface area contributed by atoms with Crippen molar-refractivity contribution in [2.75, 3.05) is 16.0 Å². The van der Waals surface area contributed by atoms with E-state index in [9.17, 15) is 14.0 Å². The summed E-state index contributed by atoms with van der Waals surface area (Å²) in [5.41, 5.74) is 3.60. The van der Waals surface area contributed by atoms with Gasteiger partial charge in [-0.1, -0.05) is 57.2 Å². The van der Waals surface area contributed by atoms with Crippen LogP contribution >= 0.6 is 11.8 Å². The molecule has 3 aromatic rings. The highest BCUT2D eigenvalue weighted by Crippen LogP contribution is 2.42. The van der Waals surface area contributed by atoms with Gasteiger partial charge in [-0.3, -0.25) is 14.5 Å². The Bertz CT molecular complexity index is 1140. The zero-order chi connectivity index (χ0) is 22.9. The van der Waals surface area contributed by atoms with Crippen LogP contribution in [-0.4, -0.2) is 17.6 Å². The molecule has 6 heteroatoms. The Labute approximate surface area is 191 Å². The first-order valence-electron chi connectivity index (χ1n) is 10.4. The number of nitrogens with one attached hydrogen (secondary N) is 1. The van der Waals surface area contributed by atoms with Gasteiger partial charge in [-0.2, -0.15) is 0 Å². The van der Waals surface area contributed by atoms with E-state index in [-0.39, 0.29) is 28.3 Å². The average Bonchev–Trinajstić information content (AvgIpc) is 3.15. The SMILES string of the molecule is CC(C)(C)c1ccc(C(=O)Nc2ccc([C@@H]3SCC(=O)N3c3ccccc3F)cc2)cc1. The van der Waals surface area contributed by atoms with Gasteiger partial charge in [0.15, 0.2) is 0 Å². The number of rotatable bonds is 4. The van der Waals surface area contributed by atoms with Gasteiger partial charge in [0.25, 0.3) is 5.91 Å². The van der Waals surface area contributed by atoms with Crippen LogP contribution in [0.15, 0.2) is 72.8 Å². The molecule has 1 atom stereocenters. The third-order valence-corrected chi connectivity index (χ3v) is 6.66. The molecule has 0 radical (unpaired) electrons. The van der Waals surface area contributed by atoms with Crippen LogP contribution in [-0.2, 0) is 10.2 Å². The largest absolute Gasteiger partial charge is 0.322 e. The van der Waals surface area contributed by atoms with Crippen LogP contribution in [0.3, 0.4) is 0 Å². The average molecular weight is 449 g/mol. The van der Waals surface area contributed by atoms with Crippen molar-refractivity contribution >= 4 is 35.0 Å². The van der Waals surface area contributed by atoms with Gasteiger partial charge < -0.3 is 5.32 Å². The summed E-state index contributed by atoms with van der Waals surface area (Å²) >= 11 is 1.46. The molecule has 32 heavy (non-hydrogen) atoms. The molecule has 1 fully saturated rings. The van der Waals surface area contributed by atoms with E-state index in [4.69, 9.17) is 0 Å². The number of para-hydroxylation sites is 1. The first kappa shape index (κ1) is 22.1. The fourth-order valence-electron chi connectivity index (χ4n) is 3.63. The number of carbonyl (C=O) groups excluding carboxylic acids is 2. The Morgan fingerprint density at radius 3 is 2.28 bits per heavy atom. The number of amides is 2. The van der Waals surface area contributed by atoms with Gasteiger partial charge in [0, 0.05) is 11.3 Å². The van der Waals surface area contributed by atoms with E-state index < -0.39 is 5.82 Å². The summed E-state index contributed by atoms with van der Waals surface area (Å²) in [6, 6.07) is 21.3. The molecule has 0 aliphatic carbocycles. The second kappa shape index (κ2) is 8.79. The molecular formula is C26H25FN2O2S. The first-order chi connectivity index (χ1) is 15.2. The van der Waals surface area contributed by atoms with Crippen molar-refractivity contribution in [2.24, 2.45) is 0 Å². The highest BCUT2D eigenvalue weighted by molar-refractivity contribution is 8.00. The molecule has 1 aliphatic rings. The molecule has 2 amide bonds. The van der Waals surface area contributed by atoms with Crippen LogP contribution in [0.5, 0.6) is 0 Å². The minimum Gasteiger partial charge on any atom is -0.322 e. The molecule has 0 saturated carbocycles. The van der Waals surface area contributed by atoms with Gasteiger partial charge in [0.2, 0.25) is 5.91 Å². The lowest BCUT2D eigenvalue weighted by atomic mass is 9.87. The highest BCUT2D eigenvalue weighted by atomic mass is 32.2. The number of nitrogens with zero attached hydrogens (tertiary/aromatic N) is 1. The summed E-state index contributed by atoms with van der Waals surface area (Å²) in [7, 11) is 0. The third-order valence-electron chi connectivity index (χ3n) is 5.45. The normalized spacial score (nSPS) is 16.3. The van der Waals surface area contributed by atoms with E-state index in [1.807, 2.05) is 36.4 Å². The minimum absolute atomic E-state index is 0.0288. The summed E-state index contributed by atoms with van der Waals surface area (Å²) in [5, 5.41) is 2.60. The molecule has 1 saturated heterocycles. The van der Waals surface area contributed by atoms with Gasteiger partial charge >= 0.3 is 0 Å². The van der Waals surface area contributed by atoms with Crippen molar-refractivity contribution in [3.8, 4) is 0 Å². The Morgan fingerprint density at radius 2 is 1.66 bits per heavy atom. The smallest absolute Gasteiger partial charge is 0.255 e. The Balaban J connectivity index is 1.49. The highest BCUT2D eigenvalue weighted by Gasteiger charge is 2.35. The molecule has 0 bridgehead atoms. The van der Waals surface area contributed by atoms with Crippen LogP contribution in [0, 0.1) is 5.82 Å². The lowest BCUT2D eigenvalue weighted by molar-refractivity contribution is -0.115. The third kappa shape index (κ3) is 4.55. The van der Waals surface area contributed by atoms with E-state index >= 15 is 0 Å². The molecule has 4 nitrogen and oxygen atoms in total. The minimum atomic E-state index is -0.422. The second-order valence-electron chi connectivity index (χ2n) is 8.78. The van der Waals surface area contributed by atoms with Gasteiger partial charge in [0.05, 0.1) is 11.4 Å². The molecule has 0 aromatic heterocycles. The van der Waals surface area contributed by atoms with Gasteiger partial charge in [0.1, 0.15) is 11.2 Å². The second-order valence-corrected chi connectivity index (χ2v) is 9.85. The number of benzene rings is 3. The van der Waals surface area contributed by atoms with Crippen molar-refractivity contribution in [3.05, 3.63) is 95.3 Å². The van der Waals surface area contributed by atoms with Gasteiger partial charge in [-0.15, -0.1) is 11.8 Å². The molecule has 1 aliphatic heterocycles. The van der Waals surface area contributed by atoms with Crippen LogP contribution < -0.4 is 10.2 Å². The van der Waals surface area contributed by atoms with Crippen LogP contribution in [0.2, 0.25) is 0 Å². The van der Waals surface area contributed by atoms with Gasteiger partial charge in [-0.25, -0.2) is 4.39 Å². The zero-order valence-electron chi connectivity index (χ0n) is 18.3. The number of halogens is 1. The maximum atomic E-state index is 14.3. The molecule has 4 rings (SSSR count). The van der Waals surface area contributed by atoms with E-state index in [1.165, 1.54) is 28.3 Å². The Morgan fingerprint density at radius 1 is 1.00 bits per heavy atom. The number of carbonyl (C=O) groups is 2. The van der Waals surface area contributed by atoms with E-state index in [0.29, 0.717) is 17.0 Å². The summed E-state index contributed by atoms with van der Waals surface area (Å²) in [6.07, 6.45) is 0. The lowest BCUT2D eigenvalue weighted by Gasteiger charge is -2.24. The topological polar surface area (TPSA) is 49.4 Å². The predicted molar refractivity (Wildman–Crippen MR) is 129 cm³/mol. The van der Waals surface area contributed by atoms with Crippen LogP contribution in [0.25, 0.3) is 0 Å². The number of thioether (sulfide) groups is 1. The summed E-state index contributed by atoms with van der Waals surface area (Å²) in [6.45, 7) is 6.40. The fraction of sp³-hybridized carbons (Fsp3) is 0.231. The molecular weight excluding hydrogens is 423 g/mol. The van der Waals surface area contributed by atoms with Crippen molar-refractivity contribution < 1.29 is 14.0 Å². The molecule has 0 unspecified atom stereocenters. The van der Waals surface area contributed by atoms with Crippen LogP contribution in [0.4, 0.5) is 15.8 Å². The Hall–Kier alpha value is -3.12. The quantitative estimate of drug-likeness (QED) is 0.520. The number of hydrogen-bond donors (Lipinski definition) is 1. The standard InChI is InChI=1S/C26H25FN2O2S/c1-26(2,3)19-12-8-17(9-13-19)24(31)28-20-14-10-18(11-15-20)25-29(23(30)16-32-25)22-7-5-4-6-21(22)27/h4-15,25H,16H2,1-3H3,(H,28,31)/t25-/m0/s1. The molecule has 164 valence electrons. The van der Waals surface area contributed by atoms with E-state index in [2.05, 4.69) is 26.1 Å². The zero-order valence-corrected chi connectivity index (χ0v) is 19.1. The van der Waals surface area contributed by atoms with Crippen molar-refractivity contribution in [3.63, 3.8) is 0 Å². The summed E-state index contributed by atoms with van der Waals surface area (Å²) in [4.78, 5) is 26.6. The van der Waals surface area contributed by atoms with Crippen molar-refractivity contribution in [1.82, 2.24) is 0 Å². The Kier molecular flexibility index (Phi) is 6.07. The maximum Gasteiger partial charge on any atom is 0.255 e. The molecule has 1 heterocycles. The maximum absolute atomic E-state index is 14.3. The number of anilines is 2. The van der Waals surface area contributed by atoms with E-state index in [0.717, 1.165) is 5.56 Å². The first-order valence-corrected chi connectivity index (χ1v) is 11.5.